The van der Waals surface area contributed by atoms with E-state index in [-0.39, 0.29) is 58.0 Å². The van der Waals surface area contributed by atoms with Gasteiger partial charge in [-0.3, -0.25) is 14.4 Å². The highest BCUT2D eigenvalue weighted by molar-refractivity contribution is 6.50. The van der Waals surface area contributed by atoms with Crippen LogP contribution in [-0.4, -0.2) is 47.7 Å². The molecule has 3 rings (SSSR count). The first-order valence-electron chi connectivity index (χ1n) is 8.52. The van der Waals surface area contributed by atoms with Gasteiger partial charge in [-0.05, 0) is 18.1 Å². The summed E-state index contributed by atoms with van der Waals surface area (Å²) in [7, 11) is 1.47. The molecule has 1 amide bonds. The maximum Gasteiger partial charge on any atom is 0.250 e. The third kappa shape index (κ3) is 4.00. The lowest BCUT2D eigenvalue weighted by atomic mass is 9.97. The Balaban J connectivity index is 1.92. The molecule has 0 radical (unpaired) electrons. The molecular weight excluding hydrogens is 405 g/mol. The molecule has 0 atom stereocenters. The highest BCUT2D eigenvalue weighted by Gasteiger charge is 2.28. The molecule has 0 saturated carbocycles. The molecule has 1 aromatic carbocycles. The molecule has 28 heavy (non-hydrogen) atoms. The molecule has 0 spiro atoms. The van der Waals surface area contributed by atoms with E-state index in [0.29, 0.717) is 11.1 Å². The normalized spacial score (nSPS) is 17.6. The van der Waals surface area contributed by atoms with Crippen molar-refractivity contribution in [1.29, 1.82) is 0 Å². The van der Waals surface area contributed by atoms with Gasteiger partial charge in [0, 0.05) is 24.3 Å². The molecule has 0 N–H and O–H groups in total. The van der Waals surface area contributed by atoms with E-state index in [4.69, 9.17) is 27.9 Å². The van der Waals surface area contributed by atoms with Gasteiger partial charge in [0.2, 0.25) is 11.8 Å². The number of hydrogen-bond acceptors (Lipinski definition) is 6. The first-order chi connectivity index (χ1) is 13.2. The third-order valence-electron chi connectivity index (χ3n) is 4.27. The van der Waals surface area contributed by atoms with E-state index in [1.807, 2.05) is 13.8 Å². The van der Waals surface area contributed by atoms with Crippen molar-refractivity contribution in [2.75, 3.05) is 13.6 Å². The molecule has 2 aliphatic rings. The Hall–Kier alpha value is -2.51. The number of aliphatic imine (C=N–C) groups is 1. The van der Waals surface area contributed by atoms with Crippen molar-refractivity contribution < 1.29 is 19.1 Å². The number of ketones is 2. The number of nitrogens with zero attached hydrogens (tertiary/aromatic N) is 3. The van der Waals surface area contributed by atoms with Gasteiger partial charge in [0.25, 0.3) is 0 Å². The lowest BCUT2D eigenvalue weighted by Crippen LogP contribution is -2.35. The number of halogens is 2. The van der Waals surface area contributed by atoms with Gasteiger partial charge in [0.15, 0.2) is 17.3 Å². The van der Waals surface area contributed by atoms with Gasteiger partial charge in [-0.15, -0.1) is 0 Å². The molecule has 2 heterocycles. The van der Waals surface area contributed by atoms with E-state index in [2.05, 4.69) is 10.1 Å². The van der Waals surface area contributed by atoms with Crippen molar-refractivity contribution in [2.45, 2.75) is 20.3 Å². The first kappa shape index (κ1) is 20.2. The molecule has 146 valence electrons. The molecule has 0 bridgehead atoms. The van der Waals surface area contributed by atoms with Crippen LogP contribution in [0.5, 0.6) is 5.75 Å². The Labute approximate surface area is 171 Å². The van der Waals surface area contributed by atoms with Crippen LogP contribution >= 0.6 is 23.2 Å². The van der Waals surface area contributed by atoms with Crippen LogP contribution in [0.3, 0.4) is 0 Å². The van der Waals surface area contributed by atoms with E-state index in [1.54, 1.807) is 6.08 Å². The average Bonchev–Trinajstić information content (AvgIpc) is 2.62. The number of dihydropyridines is 1. The summed E-state index contributed by atoms with van der Waals surface area (Å²) in [5, 5.41) is 5.41. The summed E-state index contributed by atoms with van der Waals surface area (Å²) < 4.78 is 5.72. The van der Waals surface area contributed by atoms with E-state index in [0.717, 1.165) is 5.01 Å². The van der Waals surface area contributed by atoms with Crippen LogP contribution in [0.2, 0.25) is 10.0 Å². The number of hydrogen-bond donors (Lipinski definition) is 0. The lowest BCUT2D eigenvalue weighted by molar-refractivity contribution is -0.134. The molecule has 0 aliphatic carbocycles. The van der Waals surface area contributed by atoms with Crippen LogP contribution in [0.4, 0.5) is 0 Å². The Morgan fingerprint density at radius 3 is 2.36 bits per heavy atom. The summed E-state index contributed by atoms with van der Waals surface area (Å²) in [6, 6.07) is 2.98. The van der Waals surface area contributed by atoms with Crippen molar-refractivity contribution in [1.82, 2.24) is 5.01 Å². The van der Waals surface area contributed by atoms with Crippen LogP contribution < -0.4 is 4.74 Å². The minimum atomic E-state index is -0.413. The predicted octanol–water partition coefficient (Wildman–Crippen LogP) is 3.07. The van der Waals surface area contributed by atoms with Crippen molar-refractivity contribution in [3.8, 4) is 5.75 Å². The van der Waals surface area contributed by atoms with Crippen molar-refractivity contribution in [3.63, 3.8) is 0 Å². The Morgan fingerprint density at radius 2 is 1.75 bits per heavy atom. The minimum Gasteiger partial charge on any atom is -0.436 e. The molecule has 7 nitrogen and oxygen atoms in total. The number of amides is 1. The van der Waals surface area contributed by atoms with Gasteiger partial charge in [-0.2, -0.15) is 5.10 Å². The molecule has 0 aromatic heterocycles. The Bertz CT molecular complexity index is 956. The molecule has 1 aromatic rings. The van der Waals surface area contributed by atoms with E-state index < -0.39 is 5.78 Å². The largest absolute Gasteiger partial charge is 0.436 e. The zero-order valence-corrected chi connectivity index (χ0v) is 17.0. The summed E-state index contributed by atoms with van der Waals surface area (Å²) in [6.07, 6.45) is 1.31. The monoisotopic (exact) mass is 421 g/mol. The molecule has 0 fully saturated rings. The average molecular weight is 422 g/mol. The van der Waals surface area contributed by atoms with Gasteiger partial charge < -0.3 is 4.74 Å². The minimum absolute atomic E-state index is 0.00165. The van der Waals surface area contributed by atoms with Crippen molar-refractivity contribution in [2.24, 2.45) is 16.0 Å². The number of carbonyl (C=O) groups excluding carboxylic acids is 3. The lowest BCUT2D eigenvalue weighted by Gasteiger charge is -2.20. The van der Waals surface area contributed by atoms with E-state index >= 15 is 0 Å². The zero-order valence-electron chi connectivity index (χ0n) is 15.5. The second-order valence-corrected chi connectivity index (χ2v) is 7.48. The van der Waals surface area contributed by atoms with E-state index in [9.17, 15) is 14.4 Å². The summed E-state index contributed by atoms with van der Waals surface area (Å²) >= 11 is 12.6. The molecule has 0 saturated heterocycles. The fourth-order valence-corrected chi connectivity index (χ4v) is 3.33. The van der Waals surface area contributed by atoms with Gasteiger partial charge in [0.05, 0.1) is 16.5 Å². The van der Waals surface area contributed by atoms with Gasteiger partial charge in [-0.1, -0.05) is 37.0 Å². The maximum absolute atomic E-state index is 12.2. The summed E-state index contributed by atoms with van der Waals surface area (Å²) in [5.74, 6) is -0.427. The number of rotatable bonds is 3. The SMILES string of the molecule is CC(C)C1=CC(Oc2c(Cl)cc(C3=NN(C)C(=O)CC3=O)cc2Cl)=NCC1=O. The summed E-state index contributed by atoms with van der Waals surface area (Å²) in [6.45, 7) is 3.81. The van der Waals surface area contributed by atoms with Crippen molar-refractivity contribution >= 4 is 52.3 Å². The summed E-state index contributed by atoms with van der Waals surface area (Å²) in [4.78, 5) is 39.7. The molecule has 2 aliphatic heterocycles. The zero-order chi connectivity index (χ0) is 20.6. The molecule has 0 unspecified atom stereocenters. The fourth-order valence-electron chi connectivity index (χ4n) is 2.76. The number of Topliss-reactive ketones (excluding diaryl/α,β-unsaturated/α-hetero) is 2. The number of benzene rings is 1. The van der Waals surface area contributed by atoms with E-state index in [1.165, 1.54) is 19.2 Å². The number of carbonyl (C=O) groups is 3. The number of ether oxygens (including phenoxy) is 1. The predicted molar refractivity (Wildman–Crippen MR) is 106 cm³/mol. The summed E-state index contributed by atoms with van der Waals surface area (Å²) in [5.41, 5.74) is 1.09. The smallest absolute Gasteiger partial charge is 0.250 e. The second kappa shape index (κ2) is 7.85. The second-order valence-electron chi connectivity index (χ2n) is 6.67. The Kier molecular flexibility index (Phi) is 5.67. The van der Waals surface area contributed by atoms with Crippen LogP contribution in [0.1, 0.15) is 25.8 Å². The van der Waals surface area contributed by atoms with Crippen molar-refractivity contribution in [3.05, 3.63) is 39.4 Å². The quantitative estimate of drug-likeness (QED) is 0.701. The molecular formula is C19H17Cl2N3O4. The van der Waals surface area contributed by atoms with Gasteiger partial charge in [-0.25, -0.2) is 10.0 Å². The van der Waals surface area contributed by atoms with Crippen LogP contribution in [0.25, 0.3) is 0 Å². The molecule has 9 heteroatoms. The third-order valence-corrected chi connectivity index (χ3v) is 4.83. The van der Waals surface area contributed by atoms with Gasteiger partial charge >= 0.3 is 0 Å². The Morgan fingerprint density at radius 1 is 1.11 bits per heavy atom. The fraction of sp³-hybridized carbons (Fsp3) is 0.316. The highest BCUT2D eigenvalue weighted by atomic mass is 35.5. The first-order valence-corrected chi connectivity index (χ1v) is 9.27. The topological polar surface area (TPSA) is 88.4 Å². The number of hydrazone groups is 1. The highest BCUT2D eigenvalue weighted by Crippen LogP contribution is 2.35. The van der Waals surface area contributed by atoms with Gasteiger partial charge in [0.1, 0.15) is 12.3 Å². The standard InChI is InChI=1S/C19H17Cl2N3O4/c1-9(2)11-6-16(22-8-15(11)26)28-19-12(20)4-10(5-13(19)21)18-14(25)7-17(27)24(3)23-18/h4-6,9H,7-8H2,1-3H3. The van der Waals surface area contributed by atoms with Crippen LogP contribution in [0.15, 0.2) is 33.9 Å². The van der Waals surface area contributed by atoms with Crippen LogP contribution in [-0.2, 0) is 14.4 Å². The van der Waals surface area contributed by atoms with Crippen LogP contribution in [0, 0.1) is 5.92 Å². The maximum atomic E-state index is 12.2.